The highest BCUT2D eigenvalue weighted by molar-refractivity contribution is 14.1. The highest BCUT2D eigenvalue weighted by Gasteiger charge is 2.17. The molecule has 2 aromatic carbocycles. The minimum Gasteiger partial charge on any atom is -0.294 e. The van der Waals surface area contributed by atoms with Gasteiger partial charge in [-0.15, -0.1) is 11.6 Å². The van der Waals surface area contributed by atoms with Crippen LogP contribution in [0.1, 0.15) is 18.1 Å². The summed E-state index contributed by atoms with van der Waals surface area (Å²) in [6, 6.07) is 16.4. The van der Waals surface area contributed by atoms with Crippen molar-refractivity contribution in [1.82, 2.24) is 9.55 Å². The van der Waals surface area contributed by atoms with Crippen molar-refractivity contribution in [2.24, 2.45) is 0 Å². The van der Waals surface area contributed by atoms with E-state index in [-0.39, 0.29) is 5.38 Å². The normalized spacial score (nSPS) is 12.8. The lowest BCUT2D eigenvalue weighted by Gasteiger charge is -2.12. The zero-order valence-electron chi connectivity index (χ0n) is 10.3. The molecule has 3 rings (SSSR count). The Bertz CT molecular complexity index is 734. The fraction of sp³-hybridized carbons (Fsp3) is 0.133. The van der Waals surface area contributed by atoms with E-state index in [1.165, 1.54) is 3.57 Å². The van der Waals surface area contributed by atoms with E-state index < -0.39 is 0 Å². The topological polar surface area (TPSA) is 17.8 Å². The minimum absolute atomic E-state index is 0.136. The second-order valence-corrected chi connectivity index (χ2v) is 6.18. The molecule has 1 heterocycles. The van der Waals surface area contributed by atoms with Crippen LogP contribution in [0.15, 0.2) is 48.5 Å². The first-order valence-corrected chi connectivity index (χ1v) is 7.56. The summed E-state index contributed by atoms with van der Waals surface area (Å²) in [5.74, 6) is 0.881. The maximum absolute atomic E-state index is 6.30. The Labute approximate surface area is 130 Å². The second-order valence-electron chi connectivity index (χ2n) is 4.36. The average Bonchev–Trinajstić information content (AvgIpc) is 2.79. The molecule has 1 unspecified atom stereocenters. The number of aromatic nitrogens is 2. The summed E-state index contributed by atoms with van der Waals surface area (Å²) < 4.78 is 3.33. The van der Waals surface area contributed by atoms with Gasteiger partial charge in [-0.2, -0.15) is 0 Å². The van der Waals surface area contributed by atoms with Gasteiger partial charge in [0.05, 0.1) is 22.1 Å². The molecule has 0 spiro atoms. The second kappa shape index (κ2) is 5.13. The molecule has 3 aromatic rings. The van der Waals surface area contributed by atoms with Gasteiger partial charge in [-0.25, -0.2) is 4.98 Å². The molecule has 2 nitrogen and oxygen atoms in total. The number of nitrogens with zero attached hydrogens (tertiary/aromatic N) is 2. The molecule has 0 N–H and O–H groups in total. The van der Waals surface area contributed by atoms with E-state index in [4.69, 9.17) is 11.6 Å². The predicted molar refractivity (Wildman–Crippen MR) is 88.1 cm³/mol. The van der Waals surface area contributed by atoms with Crippen LogP contribution in [0.25, 0.3) is 16.7 Å². The molecular formula is C15H12ClIN2. The highest BCUT2D eigenvalue weighted by atomic mass is 127. The van der Waals surface area contributed by atoms with Gasteiger partial charge in [0, 0.05) is 3.57 Å². The fourth-order valence-electron chi connectivity index (χ4n) is 2.20. The van der Waals surface area contributed by atoms with Gasteiger partial charge in [0.2, 0.25) is 0 Å². The molecule has 0 aliphatic heterocycles. The van der Waals surface area contributed by atoms with Crippen molar-refractivity contribution in [3.63, 3.8) is 0 Å². The van der Waals surface area contributed by atoms with Gasteiger partial charge >= 0.3 is 0 Å². The Morgan fingerprint density at radius 2 is 1.79 bits per heavy atom. The Morgan fingerprint density at radius 1 is 1.11 bits per heavy atom. The lowest BCUT2D eigenvalue weighted by molar-refractivity contribution is 0.880. The van der Waals surface area contributed by atoms with Crippen LogP contribution < -0.4 is 0 Å². The molecule has 19 heavy (non-hydrogen) atoms. The van der Waals surface area contributed by atoms with Gasteiger partial charge in [-0.05, 0) is 53.8 Å². The SMILES string of the molecule is CC(Cl)c1nc2ccccc2n1-c1ccccc1I. The molecule has 0 radical (unpaired) electrons. The third kappa shape index (κ3) is 2.25. The number of fused-ring (bicyclic) bond motifs is 1. The maximum Gasteiger partial charge on any atom is 0.132 e. The summed E-state index contributed by atoms with van der Waals surface area (Å²) in [7, 11) is 0. The molecule has 1 aromatic heterocycles. The highest BCUT2D eigenvalue weighted by Crippen LogP contribution is 2.29. The number of rotatable bonds is 2. The van der Waals surface area contributed by atoms with Gasteiger partial charge < -0.3 is 0 Å². The van der Waals surface area contributed by atoms with Crippen LogP contribution in [-0.4, -0.2) is 9.55 Å². The molecule has 0 saturated carbocycles. The van der Waals surface area contributed by atoms with E-state index in [1.807, 2.05) is 37.3 Å². The molecule has 0 fully saturated rings. The van der Waals surface area contributed by atoms with Crippen LogP contribution in [-0.2, 0) is 0 Å². The van der Waals surface area contributed by atoms with E-state index in [0.717, 1.165) is 22.5 Å². The first kappa shape index (κ1) is 12.9. The molecule has 0 aliphatic rings. The zero-order chi connectivity index (χ0) is 13.4. The van der Waals surface area contributed by atoms with E-state index >= 15 is 0 Å². The number of benzene rings is 2. The molecule has 0 bridgehead atoms. The molecule has 4 heteroatoms. The molecule has 0 aliphatic carbocycles. The maximum atomic E-state index is 6.30. The number of halogens is 2. The van der Waals surface area contributed by atoms with Gasteiger partial charge in [0.25, 0.3) is 0 Å². The van der Waals surface area contributed by atoms with Gasteiger partial charge in [-0.3, -0.25) is 4.57 Å². The smallest absolute Gasteiger partial charge is 0.132 e. The van der Waals surface area contributed by atoms with Crippen LogP contribution >= 0.6 is 34.2 Å². The summed E-state index contributed by atoms with van der Waals surface area (Å²) in [4.78, 5) is 4.66. The van der Waals surface area contributed by atoms with Crippen molar-refractivity contribution in [1.29, 1.82) is 0 Å². The van der Waals surface area contributed by atoms with Crippen LogP contribution in [0, 0.1) is 3.57 Å². The standard InChI is InChI=1S/C15H12ClIN2/c1-10(16)15-18-12-7-3-5-9-14(12)19(15)13-8-4-2-6-11(13)17/h2-10H,1H3. The summed E-state index contributed by atoms with van der Waals surface area (Å²) in [5, 5.41) is -0.136. The van der Waals surface area contributed by atoms with Crippen molar-refractivity contribution in [3.05, 3.63) is 57.9 Å². The van der Waals surface area contributed by atoms with Crippen molar-refractivity contribution < 1.29 is 0 Å². The zero-order valence-corrected chi connectivity index (χ0v) is 13.3. The molecule has 0 amide bonds. The van der Waals surface area contributed by atoms with Crippen LogP contribution in [0.2, 0.25) is 0 Å². The molecule has 0 saturated heterocycles. The van der Waals surface area contributed by atoms with Crippen molar-refractivity contribution >= 4 is 45.2 Å². The van der Waals surface area contributed by atoms with E-state index in [2.05, 4.69) is 50.3 Å². The van der Waals surface area contributed by atoms with Gasteiger partial charge in [0.15, 0.2) is 0 Å². The van der Waals surface area contributed by atoms with Crippen molar-refractivity contribution in [2.45, 2.75) is 12.3 Å². The van der Waals surface area contributed by atoms with Crippen LogP contribution in [0.3, 0.4) is 0 Å². The molecule has 96 valence electrons. The predicted octanol–water partition coefficient (Wildman–Crippen LogP) is 4.93. The number of alkyl halides is 1. The molecular weight excluding hydrogens is 371 g/mol. The third-order valence-electron chi connectivity index (χ3n) is 3.04. The van der Waals surface area contributed by atoms with Crippen LogP contribution in [0.4, 0.5) is 0 Å². The van der Waals surface area contributed by atoms with Crippen LogP contribution in [0.5, 0.6) is 0 Å². The van der Waals surface area contributed by atoms with Gasteiger partial charge in [0.1, 0.15) is 5.82 Å². The third-order valence-corrected chi connectivity index (χ3v) is 4.14. The average molecular weight is 383 g/mol. The summed E-state index contributed by atoms with van der Waals surface area (Å²) in [6.07, 6.45) is 0. The Balaban J connectivity index is 2.38. The lowest BCUT2D eigenvalue weighted by atomic mass is 10.2. The van der Waals surface area contributed by atoms with E-state index in [1.54, 1.807) is 0 Å². The van der Waals surface area contributed by atoms with E-state index in [0.29, 0.717) is 0 Å². The van der Waals surface area contributed by atoms with Gasteiger partial charge in [-0.1, -0.05) is 24.3 Å². The fourth-order valence-corrected chi connectivity index (χ4v) is 2.97. The minimum atomic E-state index is -0.136. The largest absolute Gasteiger partial charge is 0.294 e. The van der Waals surface area contributed by atoms with E-state index in [9.17, 15) is 0 Å². The Morgan fingerprint density at radius 3 is 2.53 bits per heavy atom. The summed E-state index contributed by atoms with van der Waals surface area (Å²) in [6.45, 7) is 1.95. The van der Waals surface area contributed by atoms with Crippen molar-refractivity contribution in [3.8, 4) is 5.69 Å². The number of hydrogen-bond donors (Lipinski definition) is 0. The van der Waals surface area contributed by atoms with Crippen molar-refractivity contribution in [2.75, 3.05) is 0 Å². The number of hydrogen-bond acceptors (Lipinski definition) is 1. The number of para-hydroxylation sites is 3. The number of imidazole rings is 1. The quantitative estimate of drug-likeness (QED) is 0.454. The molecule has 1 atom stereocenters. The monoisotopic (exact) mass is 382 g/mol. The summed E-state index contributed by atoms with van der Waals surface area (Å²) in [5.41, 5.74) is 3.19. The Kier molecular flexibility index (Phi) is 3.50. The summed E-state index contributed by atoms with van der Waals surface area (Å²) >= 11 is 8.64. The first-order valence-electron chi connectivity index (χ1n) is 6.05. The Hall–Kier alpha value is -1.07. The first-order chi connectivity index (χ1) is 9.18. The lowest BCUT2D eigenvalue weighted by Crippen LogP contribution is -2.03.